The summed E-state index contributed by atoms with van der Waals surface area (Å²) in [5, 5.41) is 3.17. The van der Waals surface area contributed by atoms with Crippen molar-refractivity contribution in [2.45, 2.75) is 25.7 Å². The van der Waals surface area contributed by atoms with Crippen LogP contribution in [-0.4, -0.2) is 19.5 Å². The summed E-state index contributed by atoms with van der Waals surface area (Å²) < 4.78 is 0. The number of rotatable bonds is 5. The Hall–Kier alpha value is -1.33. The number of allylic oxidation sites excluding steroid dienone is 4. The first-order valence-corrected chi connectivity index (χ1v) is 5.74. The molecule has 7 N–H and O–H groups in total. The van der Waals surface area contributed by atoms with Crippen LogP contribution in [0.5, 0.6) is 0 Å². The SMILES string of the molecule is C[NH2+]NC1=C(NCC([NH3+])=O)CCC=CCC1. The van der Waals surface area contributed by atoms with Gasteiger partial charge in [0, 0.05) is 5.70 Å². The Balaban J connectivity index is 2.66. The summed E-state index contributed by atoms with van der Waals surface area (Å²) in [6.45, 7) is 0.313. The van der Waals surface area contributed by atoms with Crippen LogP contribution in [0.3, 0.4) is 0 Å². The van der Waals surface area contributed by atoms with Crippen molar-refractivity contribution in [2.75, 3.05) is 13.6 Å². The maximum absolute atomic E-state index is 10.9. The lowest BCUT2D eigenvalue weighted by atomic mass is 10.1. The fourth-order valence-electron chi connectivity index (χ4n) is 1.73. The van der Waals surface area contributed by atoms with Crippen LogP contribution >= 0.6 is 0 Å². The summed E-state index contributed by atoms with van der Waals surface area (Å²) in [5.41, 5.74) is 10.9. The first-order chi connectivity index (χ1) is 7.74. The van der Waals surface area contributed by atoms with Crippen molar-refractivity contribution in [1.29, 1.82) is 0 Å². The summed E-state index contributed by atoms with van der Waals surface area (Å²) >= 11 is 0. The molecule has 0 saturated heterocycles. The van der Waals surface area contributed by atoms with E-state index >= 15 is 0 Å². The molecule has 5 heteroatoms. The molecule has 0 saturated carbocycles. The van der Waals surface area contributed by atoms with Crippen LogP contribution in [0.2, 0.25) is 0 Å². The molecule has 1 rings (SSSR count). The second-order valence-electron chi connectivity index (χ2n) is 3.83. The molecule has 0 spiro atoms. The summed E-state index contributed by atoms with van der Waals surface area (Å²) in [6.07, 6.45) is 8.39. The van der Waals surface area contributed by atoms with Crippen LogP contribution in [0.4, 0.5) is 0 Å². The average molecular weight is 226 g/mol. The minimum Gasteiger partial charge on any atom is -0.375 e. The smallest absolute Gasteiger partial charge is 0.327 e. The zero-order valence-electron chi connectivity index (χ0n) is 9.88. The molecule has 0 aromatic rings. The van der Waals surface area contributed by atoms with Gasteiger partial charge in [-0.2, -0.15) is 0 Å². The zero-order valence-corrected chi connectivity index (χ0v) is 9.88. The van der Waals surface area contributed by atoms with E-state index in [0.717, 1.165) is 31.4 Å². The molecule has 0 aromatic heterocycles. The van der Waals surface area contributed by atoms with Crippen LogP contribution in [0, 0.1) is 0 Å². The van der Waals surface area contributed by atoms with Gasteiger partial charge in [-0.05, 0) is 25.7 Å². The third kappa shape index (κ3) is 4.46. The van der Waals surface area contributed by atoms with Crippen LogP contribution in [-0.2, 0) is 4.79 Å². The Labute approximate surface area is 96.1 Å². The number of quaternary nitrogens is 2. The highest BCUT2D eigenvalue weighted by molar-refractivity contribution is 5.66. The Morgan fingerprint density at radius 1 is 1.38 bits per heavy atom. The molecule has 0 radical (unpaired) electrons. The van der Waals surface area contributed by atoms with Gasteiger partial charge in [0.25, 0.3) is 0 Å². The van der Waals surface area contributed by atoms with Gasteiger partial charge in [0.2, 0.25) is 0 Å². The normalized spacial score (nSPS) is 16.6. The molecule has 0 heterocycles. The molecular formula is C11H22N4O+2. The van der Waals surface area contributed by atoms with Gasteiger partial charge in [-0.25, -0.2) is 15.6 Å². The fraction of sp³-hybridized carbons (Fsp3) is 0.545. The summed E-state index contributed by atoms with van der Waals surface area (Å²) in [4.78, 5) is 10.9. The van der Waals surface area contributed by atoms with Crippen molar-refractivity contribution >= 4 is 5.91 Å². The maximum atomic E-state index is 10.9. The van der Waals surface area contributed by atoms with Crippen LogP contribution in [0.15, 0.2) is 23.5 Å². The lowest BCUT2D eigenvalue weighted by Crippen LogP contribution is -2.89. The number of carbonyl (C=O) groups is 1. The van der Waals surface area contributed by atoms with Crippen molar-refractivity contribution in [2.24, 2.45) is 0 Å². The molecule has 0 bridgehead atoms. The molecular weight excluding hydrogens is 204 g/mol. The highest BCUT2D eigenvalue weighted by Crippen LogP contribution is 2.14. The Morgan fingerprint density at radius 3 is 2.56 bits per heavy atom. The third-order valence-corrected chi connectivity index (χ3v) is 2.47. The highest BCUT2D eigenvalue weighted by atomic mass is 16.1. The van der Waals surface area contributed by atoms with E-state index in [1.807, 2.05) is 12.5 Å². The number of carbonyl (C=O) groups excluding carboxylic acids is 1. The molecule has 5 nitrogen and oxygen atoms in total. The van der Waals surface area contributed by atoms with Crippen molar-refractivity contribution in [3.8, 4) is 0 Å². The number of nitrogens with one attached hydrogen (secondary N) is 2. The van der Waals surface area contributed by atoms with Crippen LogP contribution in [0.1, 0.15) is 25.7 Å². The monoisotopic (exact) mass is 226 g/mol. The predicted octanol–water partition coefficient (Wildman–Crippen LogP) is -1.62. The predicted molar refractivity (Wildman–Crippen MR) is 61.5 cm³/mol. The van der Waals surface area contributed by atoms with E-state index in [0.29, 0.717) is 6.54 Å². The number of hydrogen-bond donors (Lipinski definition) is 4. The van der Waals surface area contributed by atoms with Crippen molar-refractivity contribution in [3.63, 3.8) is 0 Å². The second-order valence-corrected chi connectivity index (χ2v) is 3.83. The molecule has 0 aromatic carbocycles. The van der Waals surface area contributed by atoms with Gasteiger partial charge in [-0.15, -0.1) is 0 Å². The summed E-state index contributed by atoms with van der Waals surface area (Å²) in [6, 6.07) is 0. The first-order valence-electron chi connectivity index (χ1n) is 5.74. The van der Waals surface area contributed by atoms with Gasteiger partial charge in [-0.3, -0.25) is 5.73 Å². The van der Waals surface area contributed by atoms with Gasteiger partial charge in [0.15, 0.2) is 0 Å². The number of hydrogen-bond acceptors (Lipinski definition) is 3. The second kappa shape index (κ2) is 7.03. The first kappa shape index (κ1) is 12.7. The zero-order chi connectivity index (χ0) is 11.8. The fourth-order valence-corrected chi connectivity index (χ4v) is 1.73. The number of nitrogens with two attached hydrogens (primary N) is 1. The van der Waals surface area contributed by atoms with Gasteiger partial charge in [0.05, 0.1) is 12.7 Å². The summed E-state index contributed by atoms with van der Waals surface area (Å²) in [7, 11) is 1.96. The Bertz CT molecular complexity index is 296. The lowest BCUT2D eigenvalue weighted by Gasteiger charge is -2.16. The van der Waals surface area contributed by atoms with Gasteiger partial charge >= 0.3 is 5.91 Å². The van der Waals surface area contributed by atoms with Gasteiger partial charge in [0.1, 0.15) is 6.54 Å². The van der Waals surface area contributed by atoms with E-state index in [-0.39, 0.29) is 5.91 Å². The van der Waals surface area contributed by atoms with Crippen LogP contribution in [0.25, 0.3) is 0 Å². The van der Waals surface area contributed by atoms with E-state index in [1.165, 1.54) is 5.70 Å². The third-order valence-electron chi connectivity index (χ3n) is 2.47. The minimum atomic E-state index is -0.0788. The Morgan fingerprint density at radius 2 is 2.00 bits per heavy atom. The maximum Gasteiger partial charge on any atom is 0.327 e. The molecule has 0 aliphatic heterocycles. The van der Waals surface area contributed by atoms with Crippen molar-refractivity contribution in [1.82, 2.24) is 10.7 Å². The lowest BCUT2D eigenvalue weighted by molar-refractivity contribution is -0.679. The quantitative estimate of drug-likeness (QED) is 0.258. The minimum absolute atomic E-state index is 0.0788. The van der Waals surface area contributed by atoms with Crippen molar-refractivity contribution in [3.05, 3.63) is 23.5 Å². The Kier molecular flexibility index (Phi) is 5.60. The molecule has 0 atom stereocenters. The number of amides is 1. The van der Waals surface area contributed by atoms with E-state index in [9.17, 15) is 4.79 Å². The molecule has 1 aliphatic rings. The molecule has 1 amide bonds. The average Bonchev–Trinajstić information content (AvgIpc) is 2.21. The molecule has 0 unspecified atom stereocenters. The molecule has 0 fully saturated rings. The molecule has 90 valence electrons. The van der Waals surface area contributed by atoms with Gasteiger partial charge in [-0.1, -0.05) is 12.2 Å². The standard InChI is InChI=1S/C11H20N4O/c1-13-15-10-7-5-3-2-4-6-9(10)14-8-11(12)16/h2-3,13-15H,4-8H2,1H3,(H2,12,16)/p+2. The van der Waals surface area contributed by atoms with E-state index in [4.69, 9.17) is 0 Å². The van der Waals surface area contributed by atoms with Crippen LogP contribution < -0.4 is 21.9 Å². The van der Waals surface area contributed by atoms with E-state index < -0.39 is 0 Å². The topological polar surface area (TPSA) is 85.4 Å². The van der Waals surface area contributed by atoms with Gasteiger partial charge < -0.3 is 5.32 Å². The highest BCUT2D eigenvalue weighted by Gasteiger charge is 2.10. The van der Waals surface area contributed by atoms with E-state index in [1.54, 1.807) is 0 Å². The largest absolute Gasteiger partial charge is 0.375 e. The van der Waals surface area contributed by atoms with E-state index in [2.05, 4.69) is 28.6 Å². The molecule has 16 heavy (non-hydrogen) atoms. The summed E-state index contributed by atoms with van der Waals surface area (Å²) in [5.74, 6) is -0.0788. The van der Waals surface area contributed by atoms with Crippen molar-refractivity contribution < 1.29 is 16.0 Å². The molecule has 1 aliphatic carbocycles.